The number of aromatic nitrogens is 1. The molecule has 0 fully saturated rings. The first-order valence-electron chi connectivity index (χ1n) is 17.1. The minimum Gasteiger partial charge on any atom is -0.457 e. The molecule has 50 heavy (non-hydrogen) atoms. The zero-order valence-electron chi connectivity index (χ0n) is 27.2. The quantitative estimate of drug-likeness (QED) is 0.201. The third kappa shape index (κ3) is 4.33. The first kappa shape index (κ1) is 28.5. The number of fused-ring (bicyclic) bond motifs is 8. The molecule has 238 valence electrons. The molecule has 1 aromatic heterocycles. The van der Waals surface area contributed by atoms with Crippen molar-refractivity contribution in [1.82, 2.24) is 15.6 Å². The van der Waals surface area contributed by atoms with E-state index in [1.165, 1.54) is 39.0 Å². The first-order chi connectivity index (χ1) is 24.8. The number of hydrogen-bond acceptors (Lipinski definition) is 5. The smallest absolute Gasteiger partial charge is 0.135 e. The number of benzene rings is 5. The Morgan fingerprint density at radius 2 is 1.40 bits per heavy atom. The van der Waals surface area contributed by atoms with Gasteiger partial charge in [0, 0.05) is 41.8 Å². The van der Waals surface area contributed by atoms with Gasteiger partial charge in [-0.05, 0) is 68.8 Å². The summed E-state index contributed by atoms with van der Waals surface area (Å²) in [5, 5.41) is 7.18. The first-order valence-corrected chi connectivity index (χ1v) is 17.1. The van der Waals surface area contributed by atoms with Crippen LogP contribution in [0.5, 0.6) is 5.75 Å². The molecule has 5 nitrogen and oxygen atoms in total. The summed E-state index contributed by atoms with van der Waals surface area (Å²) < 4.78 is 6.50. The molecule has 4 heterocycles. The van der Waals surface area contributed by atoms with E-state index in [-0.39, 0.29) is 6.04 Å². The predicted molar refractivity (Wildman–Crippen MR) is 200 cm³/mol. The predicted octanol–water partition coefficient (Wildman–Crippen LogP) is 8.96. The van der Waals surface area contributed by atoms with Crippen molar-refractivity contribution in [3.8, 4) is 28.0 Å². The van der Waals surface area contributed by atoms with Gasteiger partial charge >= 0.3 is 0 Å². The number of amidine groups is 1. The summed E-state index contributed by atoms with van der Waals surface area (Å²) in [6.07, 6.45) is 10.1. The zero-order chi connectivity index (χ0) is 33.1. The summed E-state index contributed by atoms with van der Waals surface area (Å²) in [5.74, 6) is 2.63. The highest BCUT2D eigenvalue weighted by Gasteiger charge is 2.52. The van der Waals surface area contributed by atoms with Crippen LogP contribution < -0.4 is 15.4 Å². The topological polar surface area (TPSA) is 58.5 Å². The molecular weight excluding hydrogens is 613 g/mol. The van der Waals surface area contributed by atoms with Gasteiger partial charge in [0.15, 0.2) is 0 Å². The lowest BCUT2D eigenvalue weighted by atomic mass is 9.65. The number of hydrogen-bond donors (Lipinski definition) is 2. The Labute approximate surface area is 291 Å². The Hall–Kier alpha value is -6.46. The maximum atomic E-state index is 6.50. The van der Waals surface area contributed by atoms with Gasteiger partial charge in [0.2, 0.25) is 0 Å². The lowest BCUT2D eigenvalue weighted by Gasteiger charge is -2.41. The van der Waals surface area contributed by atoms with Gasteiger partial charge in [-0.2, -0.15) is 0 Å². The molecule has 2 unspecified atom stereocenters. The maximum absolute atomic E-state index is 6.50. The minimum absolute atomic E-state index is 0.0341. The highest BCUT2D eigenvalue weighted by atomic mass is 16.5. The van der Waals surface area contributed by atoms with Crippen molar-refractivity contribution < 1.29 is 4.74 Å². The summed E-state index contributed by atoms with van der Waals surface area (Å²) >= 11 is 0. The van der Waals surface area contributed by atoms with Crippen LogP contribution in [0.25, 0.3) is 28.0 Å². The van der Waals surface area contributed by atoms with Crippen LogP contribution in [-0.2, 0) is 5.41 Å². The van der Waals surface area contributed by atoms with E-state index in [9.17, 15) is 0 Å². The molecule has 6 aromatic rings. The summed E-state index contributed by atoms with van der Waals surface area (Å²) in [4.78, 5) is 9.67. The van der Waals surface area contributed by atoms with Crippen molar-refractivity contribution in [2.75, 3.05) is 6.54 Å². The maximum Gasteiger partial charge on any atom is 0.135 e. The second kappa shape index (κ2) is 11.3. The fourth-order valence-corrected chi connectivity index (χ4v) is 8.12. The molecule has 1 spiro atoms. The molecule has 0 saturated carbocycles. The number of pyridine rings is 1. The Kier molecular flexibility index (Phi) is 6.46. The molecule has 0 saturated heterocycles. The third-order valence-electron chi connectivity index (χ3n) is 10.4. The van der Waals surface area contributed by atoms with Crippen LogP contribution in [0.4, 0.5) is 0 Å². The molecule has 1 aliphatic carbocycles. The lowest BCUT2D eigenvalue weighted by Crippen LogP contribution is -2.39. The monoisotopic (exact) mass is 644 g/mol. The number of allylic oxidation sites excluding steroid dienone is 1. The van der Waals surface area contributed by atoms with Gasteiger partial charge in [-0.3, -0.25) is 4.98 Å². The average molecular weight is 645 g/mol. The number of nitrogens with one attached hydrogen (secondary N) is 2. The summed E-state index contributed by atoms with van der Waals surface area (Å²) in [7, 11) is 0. The second-order valence-corrected chi connectivity index (χ2v) is 13.1. The molecular formula is C45H32N4O. The van der Waals surface area contributed by atoms with Crippen LogP contribution >= 0.6 is 0 Å². The molecule has 0 bridgehead atoms. The standard InChI is InChI=1S/C45H32N4O/c1-3-9-30(10-4-1)40-26-41(49-44(48-40)32-11-5-2-6-12-32)31-17-15-29(16-18-31)33-19-20-35-34-13-7-8-14-36(34)45(37(35)25-33)38-27-46-23-21-42(38)50-43-22-24-47-28-39(43)45/h1-27,41,47H,28H2,(H,48,49). The number of nitrogens with zero attached hydrogens (tertiary/aromatic N) is 2. The van der Waals surface area contributed by atoms with Gasteiger partial charge in [-0.1, -0.05) is 121 Å². The largest absolute Gasteiger partial charge is 0.457 e. The summed E-state index contributed by atoms with van der Waals surface area (Å²) in [6.45, 7) is 0.689. The molecule has 4 aliphatic rings. The molecule has 0 radical (unpaired) electrons. The van der Waals surface area contributed by atoms with Gasteiger partial charge < -0.3 is 15.4 Å². The van der Waals surface area contributed by atoms with Crippen molar-refractivity contribution in [2.45, 2.75) is 11.5 Å². The van der Waals surface area contributed by atoms with E-state index in [0.29, 0.717) is 6.54 Å². The fraction of sp³-hybridized carbons (Fsp3) is 0.0667. The molecule has 0 amide bonds. The third-order valence-corrected chi connectivity index (χ3v) is 10.4. The van der Waals surface area contributed by atoms with E-state index in [1.54, 1.807) is 0 Å². The second-order valence-electron chi connectivity index (χ2n) is 13.1. The van der Waals surface area contributed by atoms with E-state index in [0.717, 1.165) is 45.3 Å². The number of aliphatic imine (C=N–C) groups is 1. The molecule has 2 N–H and O–H groups in total. The van der Waals surface area contributed by atoms with Gasteiger partial charge in [-0.25, -0.2) is 4.99 Å². The van der Waals surface area contributed by atoms with Gasteiger partial charge in [0.25, 0.3) is 0 Å². The van der Waals surface area contributed by atoms with Gasteiger partial charge in [0.1, 0.15) is 17.3 Å². The Morgan fingerprint density at radius 1 is 0.660 bits per heavy atom. The van der Waals surface area contributed by atoms with Crippen molar-refractivity contribution in [2.24, 2.45) is 4.99 Å². The minimum atomic E-state index is -0.519. The van der Waals surface area contributed by atoms with Crippen LogP contribution in [0.2, 0.25) is 0 Å². The van der Waals surface area contributed by atoms with Crippen molar-refractivity contribution in [3.05, 3.63) is 209 Å². The van der Waals surface area contributed by atoms with Crippen LogP contribution in [0.1, 0.15) is 39.4 Å². The molecule has 5 aromatic carbocycles. The van der Waals surface area contributed by atoms with Crippen molar-refractivity contribution in [1.29, 1.82) is 0 Å². The molecule has 10 rings (SSSR count). The number of rotatable bonds is 4. The summed E-state index contributed by atoms with van der Waals surface area (Å²) in [5.41, 5.74) is 13.4. The zero-order valence-corrected chi connectivity index (χ0v) is 27.2. The molecule has 5 heteroatoms. The lowest BCUT2D eigenvalue weighted by molar-refractivity contribution is 0.389. The molecule has 2 atom stereocenters. The highest BCUT2D eigenvalue weighted by Crippen LogP contribution is 2.60. The van der Waals surface area contributed by atoms with Gasteiger partial charge in [0.05, 0.1) is 17.2 Å². The van der Waals surface area contributed by atoms with E-state index >= 15 is 0 Å². The average Bonchev–Trinajstić information content (AvgIpc) is 3.48. The van der Waals surface area contributed by atoms with Crippen molar-refractivity contribution >= 4 is 11.5 Å². The van der Waals surface area contributed by atoms with Gasteiger partial charge in [-0.15, -0.1) is 0 Å². The molecule has 3 aliphatic heterocycles. The Bertz CT molecular complexity index is 2430. The van der Waals surface area contributed by atoms with E-state index in [2.05, 4.69) is 143 Å². The Balaban J connectivity index is 1.07. The van der Waals surface area contributed by atoms with Crippen LogP contribution in [-0.4, -0.2) is 17.4 Å². The SMILES string of the molecule is C1=CC2=C(CN1)C1(c3cnccc3O2)c2ccccc2-c2ccc(-c3ccc(C4C=C(c5ccccc5)N=C(c5ccccc5)N4)cc3)cc21. The summed E-state index contributed by atoms with van der Waals surface area (Å²) in [6, 6.07) is 47.4. The number of ether oxygens (including phenoxy) is 1. The Morgan fingerprint density at radius 3 is 2.24 bits per heavy atom. The highest BCUT2D eigenvalue weighted by molar-refractivity contribution is 6.03. The normalized spacial score (nSPS) is 19.6. The fourth-order valence-electron chi connectivity index (χ4n) is 8.12. The van der Waals surface area contributed by atoms with E-state index in [1.807, 2.05) is 36.8 Å². The van der Waals surface area contributed by atoms with E-state index < -0.39 is 5.41 Å². The van der Waals surface area contributed by atoms with E-state index in [4.69, 9.17) is 9.73 Å². The van der Waals surface area contributed by atoms with Crippen LogP contribution in [0.15, 0.2) is 181 Å². The number of dihydropyridines is 1. The van der Waals surface area contributed by atoms with Crippen LogP contribution in [0, 0.1) is 0 Å². The van der Waals surface area contributed by atoms with Crippen molar-refractivity contribution in [3.63, 3.8) is 0 Å². The van der Waals surface area contributed by atoms with Crippen LogP contribution in [0.3, 0.4) is 0 Å².